The monoisotopic (exact) mass is 253 g/mol. The van der Waals surface area contributed by atoms with Crippen LogP contribution in [-0.4, -0.2) is 6.04 Å². The van der Waals surface area contributed by atoms with Crippen molar-refractivity contribution in [1.82, 2.24) is 0 Å². The molecule has 0 radical (unpaired) electrons. The Hall–Kier alpha value is -1.33. The van der Waals surface area contributed by atoms with Gasteiger partial charge in [-0.1, -0.05) is 13.3 Å². The van der Waals surface area contributed by atoms with Crippen LogP contribution >= 0.6 is 0 Å². The molecule has 0 aliphatic heterocycles. The molecule has 0 bridgehead atoms. The summed E-state index contributed by atoms with van der Waals surface area (Å²) in [4.78, 5) is 0. The fourth-order valence-electron chi connectivity index (χ4n) is 1.48. The number of halogens is 5. The standard InChI is InChI=1S/C11H12F5N/c1-3-4-5(2)17-11-9(15)7(13)6(12)8(14)10(11)16/h5,17H,3-4H2,1-2H3. The molecular weight excluding hydrogens is 241 g/mol. The topological polar surface area (TPSA) is 12.0 Å². The summed E-state index contributed by atoms with van der Waals surface area (Å²) in [7, 11) is 0. The lowest BCUT2D eigenvalue weighted by atomic mass is 10.1. The molecule has 0 amide bonds. The quantitative estimate of drug-likeness (QED) is 0.486. The minimum absolute atomic E-state index is 0.381. The third kappa shape index (κ3) is 2.68. The van der Waals surface area contributed by atoms with Crippen LogP contribution < -0.4 is 5.32 Å². The van der Waals surface area contributed by atoms with Gasteiger partial charge in [0.2, 0.25) is 5.82 Å². The van der Waals surface area contributed by atoms with E-state index in [1.807, 2.05) is 6.92 Å². The molecule has 1 N–H and O–H groups in total. The van der Waals surface area contributed by atoms with Gasteiger partial charge in [0.05, 0.1) is 0 Å². The molecule has 0 spiro atoms. The van der Waals surface area contributed by atoms with E-state index in [1.165, 1.54) is 0 Å². The van der Waals surface area contributed by atoms with Gasteiger partial charge in [0, 0.05) is 6.04 Å². The van der Waals surface area contributed by atoms with Gasteiger partial charge in [0.1, 0.15) is 5.69 Å². The van der Waals surface area contributed by atoms with Crippen LogP contribution in [0.25, 0.3) is 0 Å². The van der Waals surface area contributed by atoms with E-state index in [0.29, 0.717) is 6.42 Å². The highest BCUT2D eigenvalue weighted by atomic mass is 19.2. The highest BCUT2D eigenvalue weighted by Gasteiger charge is 2.26. The van der Waals surface area contributed by atoms with E-state index < -0.39 is 34.8 Å². The van der Waals surface area contributed by atoms with Gasteiger partial charge in [0.15, 0.2) is 23.3 Å². The molecule has 1 nitrogen and oxygen atoms in total. The molecule has 6 heteroatoms. The highest BCUT2D eigenvalue weighted by Crippen LogP contribution is 2.27. The van der Waals surface area contributed by atoms with Crippen LogP contribution in [0.5, 0.6) is 0 Å². The van der Waals surface area contributed by atoms with Crippen LogP contribution in [0.1, 0.15) is 26.7 Å². The molecule has 1 aromatic rings. The highest BCUT2D eigenvalue weighted by molar-refractivity contribution is 5.48. The van der Waals surface area contributed by atoms with Crippen molar-refractivity contribution in [3.8, 4) is 0 Å². The zero-order valence-electron chi connectivity index (χ0n) is 9.38. The Morgan fingerprint density at radius 2 is 1.29 bits per heavy atom. The van der Waals surface area contributed by atoms with Crippen molar-refractivity contribution in [1.29, 1.82) is 0 Å². The summed E-state index contributed by atoms with van der Waals surface area (Å²) in [5.74, 6) is -9.67. The molecule has 1 aromatic carbocycles. The molecule has 96 valence electrons. The van der Waals surface area contributed by atoms with Crippen molar-refractivity contribution in [2.24, 2.45) is 0 Å². The van der Waals surface area contributed by atoms with Gasteiger partial charge in [-0.2, -0.15) is 0 Å². The minimum atomic E-state index is -2.14. The van der Waals surface area contributed by atoms with E-state index >= 15 is 0 Å². The van der Waals surface area contributed by atoms with Crippen LogP contribution in [0.4, 0.5) is 27.6 Å². The normalized spacial score (nSPS) is 12.6. The minimum Gasteiger partial charge on any atom is -0.378 e. The van der Waals surface area contributed by atoms with Crippen molar-refractivity contribution >= 4 is 5.69 Å². The SMILES string of the molecule is CCCC(C)Nc1c(F)c(F)c(F)c(F)c1F. The predicted octanol–water partition coefficient (Wildman–Crippen LogP) is 3.98. The van der Waals surface area contributed by atoms with E-state index in [2.05, 4.69) is 5.32 Å². The Morgan fingerprint density at radius 3 is 1.71 bits per heavy atom. The molecule has 0 saturated carbocycles. The van der Waals surface area contributed by atoms with Crippen LogP contribution in [0.2, 0.25) is 0 Å². The lowest BCUT2D eigenvalue weighted by molar-refractivity contribution is 0.380. The summed E-state index contributed by atoms with van der Waals surface area (Å²) in [5, 5.41) is 2.29. The van der Waals surface area contributed by atoms with Gasteiger partial charge in [-0.05, 0) is 13.3 Å². The maximum Gasteiger partial charge on any atom is 0.200 e. The van der Waals surface area contributed by atoms with Crippen molar-refractivity contribution in [2.75, 3.05) is 5.32 Å². The molecule has 1 rings (SSSR count). The van der Waals surface area contributed by atoms with Gasteiger partial charge >= 0.3 is 0 Å². The maximum absolute atomic E-state index is 13.2. The van der Waals surface area contributed by atoms with Crippen LogP contribution in [0.3, 0.4) is 0 Å². The van der Waals surface area contributed by atoms with Gasteiger partial charge in [0.25, 0.3) is 0 Å². The van der Waals surface area contributed by atoms with Gasteiger partial charge in [-0.25, -0.2) is 22.0 Å². The van der Waals surface area contributed by atoms with Crippen LogP contribution in [-0.2, 0) is 0 Å². The van der Waals surface area contributed by atoms with Crippen molar-refractivity contribution < 1.29 is 22.0 Å². The zero-order chi connectivity index (χ0) is 13.2. The first-order chi connectivity index (χ1) is 7.90. The fourth-order valence-corrected chi connectivity index (χ4v) is 1.48. The molecule has 0 aliphatic rings. The Labute approximate surface area is 95.6 Å². The van der Waals surface area contributed by atoms with E-state index in [0.717, 1.165) is 6.42 Å². The summed E-state index contributed by atoms with van der Waals surface area (Å²) in [6.45, 7) is 3.44. The fraction of sp³-hybridized carbons (Fsp3) is 0.455. The molecular formula is C11H12F5N. The molecule has 1 unspecified atom stereocenters. The summed E-state index contributed by atoms with van der Waals surface area (Å²) in [6, 6.07) is -0.381. The Kier molecular flexibility index (Phi) is 4.31. The largest absolute Gasteiger partial charge is 0.378 e. The molecule has 0 aliphatic carbocycles. The van der Waals surface area contributed by atoms with E-state index in [4.69, 9.17) is 0 Å². The second-order valence-electron chi connectivity index (χ2n) is 3.78. The summed E-state index contributed by atoms with van der Waals surface area (Å²) < 4.78 is 64.8. The maximum atomic E-state index is 13.2. The van der Waals surface area contributed by atoms with Gasteiger partial charge in [-0.15, -0.1) is 0 Å². The average Bonchev–Trinajstić information content (AvgIpc) is 2.30. The van der Waals surface area contributed by atoms with E-state index in [-0.39, 0.29) is 6.04 Å². The average molecular weight is 253 g/mol. The molecule has 17 heavy (non-hydrogen) atoms. The molecule has 1 atom stereocenters. The Balaban J connectivity index is 3.16. The van der Waals surface area contributed by atoms with Crippen molar-refractivity contribution in [3.63, 3.8) is 0 Å². The first kappa shape index (κ1) is 13.7. The number of benzene rings is 1. The Morgan fingerprint density at radius 1 is 0.882 bits per heavy atom. The first-order valence-corrected chi connectivity index (χ1v) is 5.18. The second-order valence-corrected chi connectivity index (χ2v) is 3.78. The molecule has 0 saturated heterocycles. The number of nitrogens with one attached hydrogen (secondary N) is 1. The third-order valence-electron chi connectivity index (χ3n) is 2.32. The number of hydrogen-bond acceptors (Lipinski definition) is 1. The Bertz CT molecular complexity index is 390. The molecule has 0 heterocycles. The van der Waals surface area contributed by atoms with E-state index in [9.17, 15) is 22.0 Å². The first-order valence-electron chi connectivity index (χ1n) is 5.18. The van der Waals surface area contributed by atoms with Crippen LogP contribution in [0, 0.1) is 29.1 Å². The summed E-state index contributed by atoms with van der Waals surface area (Å²) in [5.41, 5.74) is -0.970. The van der Waals surface area contributed by atoms with Crippen LogP contribution in [0.15, 0.2) is 0 Å². The third-order valence-corrected chi connectivity index (χ3v) is 2.32. The number of hydrogen-bond donors (Lipinski definition) is 1. The summed E-state index contributed by atoms with van der Waals surface area (Å²) in [6.07, 6.45) is 1.28. The molecule has 0 aromatic heterocycles. The summed E-state index contributed by atoms with van der Waals surface area (Å²) >= 11 is 0. The number of anilines is 1. The van der Waals surface area contributed by atoms with Gasteiger partial charge in [-0.3, -0.25) is 0 Å². The molecule has 0 fully saturated rings. The second kappa shape index (κ2) is 5.33. The number of rotatable bonds is 4. The zero-order valence-corrected chi connectivity index (χ0v) is 9.38. The van der Waals surface area contributed by atoms with E-state index in [1.54, 1.807) is 6.92 Å². The van der Waals surface area contributed by atoms with Gasteiger partial charge < -0.3 is 5.32 Å². The van der Waals surface area contributed by atoms with Crippen molar-refractivity contribution in [3.05, 3.63) is 29.1 Å². The smallest absolute Gasteiger partial charge is 0.200 e. The lowest BCUT2D eigenvalue weighted by Crippen LogP contribution is -2.18. The van der Waals surface area contributed by atoms with Crippen molar-refractivity contribution in [2.45, 2.75) is 32.7 Å². The predicted molar refractivity (Wildman–Crippen MR) is 54.2 cm³/mol. The lowest BCUT2D eigenvalue weighted by Gasteiger charge is -2.16.